The van der Waals surface area contributed by atoms with Crippen molar-refractivity contribution in [1.82, 2.24) is 0 Å². The second-order valence-corrected chi connectivity index (χ2v) is 4.31. The van der Waals surface area contributed by atoms with E-state index in [0.717, 1.165) is 16.3 Å². The van der Waals surface area contributed by atoms with Crippen LogP contribution in [0.15, 0.2) is 6.07 Å². The molecule has 0 amide bonds. The average Bonchev–Trinajstić information content (AvgIpc) is 2.31. The number of hydrogen-bond donors (Lipinski definition) is 1. The van der Waals surface area contributed by atoms with Gasteiger partial charge in [-0.25, -0.2) is 0 Å². The molecule has 2 N–H and O–H groups in total. The molecule has 11 heavy (non-hydrogen) atoms. The molecule has 62 valence electrons. The lowest BCUT2D eigenvalue weighted by molar-refractivity contribution is 0.712. The van der Waals surface area contributed by atoms with Crippen molar-refractivity contribution in [2.75, 3.05) is 0 Å². The molecular weight excluding hydrogens is 178 g/mol. The third kappa shape index (κ3) is 1.95. The molecule has 0 aliphatic carbocycles. The summed E-state index contributed by atoms with van der Waals surface area (Å²) in [6, 6.07) is 2.23. The van der Waals surface area contributed by atoms with Crippen LogP contribution in [-0.4, -0.2) is 0 Å². The molecule has 3 heteroatoms. The van der Waals surface area contributed by atoms with Crippen molar-refractivity contribution in [2.45, 2.75) is 26.3 Å². The van der Waals surface area contributed by atoms with Gasteiger partial charge in [-0.3, -0.25) is 0 Å². The maximum Gasteiger partial charge on any atom is 0.0960 e. The van der Waals surface area contributed by atoms with Gasteiger partial charge in [0.15, 0.2) is 0 Å². The van der Waals surface area contributed by atoms with Gasteiger partial charge in [-0.1, -0.05) is 18.5 Å². The molecule has 0 unspecified atom stereocenters. The highest BCUT2D eigenvalue weighted by Gasteiger charge is 2.08. The van der Waals surface area contributed by atoms with Crippen LogP contribution in [0.2, 0.25) is 4.34 Å². The van der Waals surface area contributed by atoms with Gasteiger partial charge in [-0.2, -0.15) is 0 Å². The monoisotopic (exact) mass is 189 g/mol. The minimum atomic E-state index is 0.159. The number of hydrogen-bond acceptors (Lipinski definition) is 2. The first-order valence-corrected chi connectivity index (χ1v) is 4.86. The van der Waals surface area contributed by atoms with E-state index in [4.69, 9.17) is 17.3 Å². The molecule has 0 aliphatic rings. The molecule has 0 spiro atoms. The van der Waals surface area contributed by atoms with Gasteiger partial charge in [0.05, 0.1) is 4.34 Å². The Morgan fingerprint density at radius 3 is 2.73 bits per heavy atom. The minimum Gasteiger partial charge on any atom is -0.323 e. The molecule has 0 radical (unpaired) electrons. The molecule has 0 fully saturated rings. The molecule has 1 atom stereocenters. The lowest BCUT2D eigenvalue weighted by Crippen LogP contribution is -2.05. The first kappa shape index (κ1) is 9.04. The van der Waals surface area contributed by atoms with E-state index >= 15 is 0 Å². The van der Waals surface area contributed by atoms with Gasteiger partial charge in [-0.05, 0) is 25.0 Å². The van der Waals surface area contributed by atoms with Crippen molar-refractivity contribution in [1.29, 1.82) is 0 Å². The quantitative estimate of drug-likeness (QED) is 0.760. The Hall–Kier alpha value is -0.0500. The normalized spacial score (nSPS) is 13.5. The Morgan fingerprint density at radius 2 is 2.36 bits per heavy atom. The van der Waals surface area contributed by atoms with Crippen LogP contribution in [0.25, 0.3) is 0 Å². The van der Waals surface area contributed by atoms with Crippen LogP contribution in [0.5, 0.6) is 0 Å². The van der Waals surface area contributed by atoms with Gasteiger partial charge in [0.1, 0.15) is 0 Å². The summed E-state index contributed by atoms with van der Waals surface area (Å²) >= 11 is 7.48. The van der Waals surface area contributed by atoms with E-state index in [1.165, 1.54) is 4.88 Å². The van der Waals surface area contributed by atoms with Crippen LogP contribution in [0.1, 0.15) is 29.8 Å². The minimum absolute atomic E-state index is 0.159. The fourth-order valence-electron chi connectivity index (χ4n) is 0.867. The zero-order valence-corrected chi connectivity index (χ0v) is 8.30. The topological polar surface area (TPSA) is 26.0 Å². The van der Waals surface area contributed by atoms with Crippen molar-refractivity contribution in [3.63, 3.8) is 0 Å². The van der Waals surface area contributed by atoms with Crippen LogP contribution < -0.4 is 5.73 Å². The van der Waals surface area contributed by atoms with Crippen LogP contribution in [0.4, 0.5) is 0 Å². The Bertz CT molecular complexity index is 225. The van der Waals surface area contributed by atoms with E-state index in [0.29, 0.717) is 0 Å². The van der Waals surface area contributed by atoms with E-state index in [1.807, 2.05) is 6.92 Å². The third-order valence-electron chi connectivity index (χ3n) is 1.68. The average molecular weight is 190 g/mol. The maximum absolute atomic E-state index is 5.89. The van der Waals surface area contributed by atoms with Crippen molar-refractivity contribution in [3.8, 4) is 0 Å². The van der Waals surface area contributed by atoms with Crippen molar-refractivity contribution in [2.24, 2.45) is 5.73 Å². The summed E-state index contributed by atoms with van der Waals surface area (Å²) in [6.07, 6.45) is 0.969. The zero-order valence-electron chi connectivity index (χ0n) is 6.73. The first-order valence-electron chi connectivity index (χ1n) is 3.66. The van der Waals surface area contributed by atoms with Gasteiger partial charge in [0.2, 0.25) is 0 Å². The summed E-state index contributed by atoms with van der Waals surface area (Å²) in [7, 11) is 0. The van der Waals surface area contributed by atoms with Crippen LogP contribution in [0.3, 0.4) is 0 Å². The van der Waals surface area contributed by atoms with E-state index in [1.54, 1.807) is 11.3 Å². The van der Waals surface area contributed by atoms with Crippen LogP contribution in [-0.2, 0) is 0 Å². The largest absolute Gasteiger partial charge is 0.323 e. The number of nitrogens with two attached hydrogens (primary N) is 1. The SMILES string of the molecule is CC[C@@H](N)c1cc(C)c(Cl)s1. The van der Waals surface area contributed by atoms with E-state index in [9.17, 15) is 0 Å². The lowest BCUT2D eigenvalue weighted by atomic mass is 10.2. The van der Waals surface area contributed by atoms with Gasteiger partial charge in [0, 0.05) is 10.9 Å². The molecule has 1 nitrogen and oxygen atoms in total. The highest BCUT2D eigenvalue weighted by molar-refractivity contribution is 7.16. The molecular formula is C8H12ClNS. The summed E-state index contributed by atoms with van der Waals surface area (Å²) in [4.78, 5) is 1.19. The summed E-state index contributed by atoms with van der Waals surface area (Å²) in [5.74, 6) is 0. The maximum atomic E-state index is 5.89. The van der Waals surface area contributed by atoms with Crippen molar-refractivity contribution >= 4 is 22.9 Å². The highest BCUT2D eigenvalue weighted by atomic mass is 35.5. The number of rotatable bonds is 2. The molecule has 1 aromatic rings. The molecule has 1 rings (SSSR count). The second-order valence-electron chi connectivity index (χ2n) is 2.62. The Balaban J connectivity index is 2.88. The molecule has 0 saturated carbocycles. The van der Waals surface area contributed by atoms with E-state index in [2.05, 4.69) is 13.0 Å². The number of thiophene rings is 1. The van der Waals surface area contributed by atoms with Gasteiger partial charge in [-0.15, -0.1) is 11.3 Å². The van der Waals surface area contributed by atoms with E-state index < -0.39 is 0 Å². The first-order chi connectivity index (χ1) is 5.15. The standard InChI is InChI=1S/C8H12ClNS/c1-3-6(10)7-4-5(2)8(9)11-7/h4,6H,3,10H2,1-2H3/t6-/m1/s1. The smallest absolute Gasteiger partial charge is 0.0960 e. The fraction of sp³-hybridized carbons (Fsp3) is 0.500. The zero-order chi connectivity index (χ0) is 8.43. The number of aryl methyl sites for hydroxylation is 1. The van der Waals surface area contributed by atoms with Gasteiger partial charge in [0.25, 0.3) is 0 Å². The second kappa shape index (κ2) is 3.57. The summed E-state index contributed by atoms with van der Waals surface area (Å²) in [5, 5.41) is 0. The summed E-state index contributed by atoms with van der Waals surface area (Å²) in [6.45, 7) is 4.08. The van der Waals surface area contributed by atoms with Crippen molar-refractivity contribution in [3.05, 3.63) is 20.8 Å². The summed E-state index contributed by atoms with van der Waals surface area (Å²) in [5.41, 5.74) is 6.96. The molecule has 0 aromatic carbocycles. The van der Waals surface area contributed by atoms with Gasteiger partial charge < -0.3 is 5.73 Å². The van der Waals surface area contributed by atoms with E-state index in [-0.39, 0.29) is 6.04 Å². The predicted octanol–water partition coefficient (Wildman–Crippen LogP) is 3.12. The lowest BCUT2D eigenvalue weighted by Gasteiger charge is -2.03. The Morgan fingerprint density at radius 1 is 1.73 bits per heavy atom. The van der Waals surface area contributed by atoms with Gasteiger partial charge >= 0.3 is 0 Å². The molecule has 1 heterocycles. The highest BCUT2D eigenvalue weighted by Crippen LogP contribution is 2.30. The Kier molecular flexibility index (Phi) is 2.93. The third-order valence-corrected chi connectivity index (χ3v) is 3.37. The fourth-order valence-corrected chi connectivity index (χ4v) is 2.17. The summed E-state index contributed by atoms with van der Waals surface area (Å²) < 4.78 is 0.865. The Labute approximate surface area is 76.2 Å². The number of halogens is 1. The van der Waals surface area contributed by atoms with Crippen LogP contribution in [0, 0.1) is 6.92 Å². The van der Waals surface area contributed by atoms with Crippen LogP contribution >= 0.6 is 22.9 Å². The predicted molar refractivity (Wildman–Crippen MR) is 51.3 cm³/mol. The molecule has 0 bridgehead atoms. The molecule has 0 saturated heterocycles. The molecule has 0 aliphatic heterocycles. The molecule has 1 aromatic heterocycles. The van der Waals surface area contributed by atoms with Crippen molar-refractivity contribution < 1.29 is 0 Å².